The van der Waals surface area contributed by atoms with Gasteiger partial charge in [0.15, 0.2) is 5.76 Å². The zero-order chi connectivity index (χ0) is 13.8. The topological polar surface area (TPSA) is 71.1 Å². The van der Waals surface area contributed by atoms with E-state index in [1.54, 1.807) is 11.0 Å². The van der Waals surface area contributed by atoms with Crippen LogP contribution in [-0.2, 0) is 0 Å². The van der Waals surface area contributed by atoms with Gasteiger partial charge in [-0.05, 0) is 25.0 Å². The molecule has 0 unspecified atom stereocenters. The summed E-state index contributed by atoms with van der Waals surface area (Å²) in [7, 11) is 0. The maximum atomic E-state index is 12.0. The maximum absolute atomic E-state index is 12.0. The van der Waals surface area contributed by atoms with E-state index in [0.29, 0.717) is 19.2 Å². The van der Waals surface area contributed by atoms with Gasteiger partial charge in [-0.3, -0.25) is 5.41 Å². The first-order valence-electron chi connectivity index (χ1n) is 5.28. The SMILES string of the molecule is N#C/C(=C\C=C(/O)C(F)(F)F)C(=N)N1CCCC1. The fraction of sp³-hybridized carbons (Fsp3) is 0.455. The van der Waals surface area contributed by atoms with Crippen LogP contribution in [0.3, 0.4) is 0 Å². The lowest BCUT2D eigenvalue weighted by Gasteiger charge is -2.17. The Bertz CT molecular complexity index is 426. The minimum absolute atomic E-state index is 0.110. The molecule has 7 heteroatoms. The first kappa shape index (κ1) is 14.1. The lowest BCUT2D eigenvalue weighted by molar-refractivity contribution is -0.120. The van der Waals surface area contributed by atoms with Crippen LogP contribution in [-0.4, -0.2) is 35.1 Å². The first-order chi connectivity index (χ1) is 8.36. The highest BCUT2D eigenvalue weighted by Gasteiger charge is 2.33. The van der Waals surface area contributed by atoms with E-state index in [-0.39, 0.29) is 11.4 Å². The Labute approximate surface area is 102 Å². The Kier molecular flexibility index (Phi) is 4.37. The van der Waals surface area contributed by atoms with Gasteiger partial charge in [0.25, 0.3) is 0 Å². The first-order valence-corrected chi connectivity index (χ1v) is 5.28. The monoisotopic (exact) mass is 259 g/mol. The third-order valence-electron chi connectivity index (χ3n) is 2.50. The summed E-state index contributed by atoms with van der Waals surface area (Å²) in [4.78, 5) is 1.62. The number of likely N-dealkylation sites (tertiary alicyclic amines) is 1. The predicted octanol–water partition coefficient (Wildman–Crippen LogP) is 2.51. The maximum Gasteiger partial charge on any atom is 0.448 e. The number of alkyl halides is 3. The Morgan fingerprint density at radius 2 is 1.83 bits per heavy atom. The Balaban J connectivity index is 2.84. The number of amidine groups is 1. The second kappa shape index (κ2) is 5.58. The van der Waals surface area contributed by atoms with Crippen molar-refractivity contribution >= 4 is 5.84 Å². The van der Waals surface area contributed by atoms with Gasteiger partial charge in [0.05, 0.1) is 5.57 Å². The van der Waals surface area contributed by atoms with Crippen molar-refractivity contribution in [1.29, 1.82) is 10.7 Å². The molecule has 0 aliphatic carbocycles. The van der Waals surface area contributed by atoms with Crippen molar-refractivity contribution in [3.8, 4) is 6.07 Å². The Morgan fingerprint density at radius 1 is 1.28 bits per heavy atom. The predicted molar refractivity (Wildman–Crippen MR) is 59.0 cm³/mol. The van der Waals surface area contributed by atoms with Crippen LogP contribution in [0.2, 0.25) is 0 Å². The number of aliphatic hydroxyl groups is 1. The molecule has 1 aliphatic heterocycles. The normalized spacial score (nSPS) is 17.8. The average Bonchev–Trinajstić information content (AvgIpc) is 2.81. The summed E-state index contributed by atoms with van der Waals surface area (Å²) >= 11 is 0. The molecule has 1 saturated heterocycles. The minimum Gasteiger partial charge on any atom is -0.504 e. The highest BCUT2D eigenvalue weighted by molar-refractivity contribution is 5.99. The van der Waals surface area contributed by atoms with Gasteiger partial charge in [0.2, 0.25) is 0 Å². The second-order valence-electron chi connectivity index (χ2n) is 3.78. The van der Waals surface area contributed by atoms with Crippen LogP contribution in [0.15, 0.2) is 23.5 Å². The van der Waals surface area contributed by atoms with Crippen LogP contribution in [0.5, 0.6) is 0 Å². The second-order valence-corrected chi connectivity index (χ2v) is 3.78. The quantitative estimate of drug-likeness (QED) is 0.263. The Morgan fingerprint density at radius 3 is 2.28 bits per heavy atom. The molecule has 1 fully saturated rings. The number of nitrogens with zero attached hydrogens (tertiary/aromatic N) is 2. The summed E-state index contributed by atoms with van der Waals surface area (Å²) in [5.41, 5.74) is -0.201. The molecule has 1 heterocycles. The molecular formula is C11H12F3N3O. The number of hydrogen-bond donors (Lipinski definition) is 2. The van der Waals surface area contributed by atoms with Crippen molar-refractivity contribution in [3.05, 3.63) is 23.5 Å². The third-order valence-corrected chi connectivity index (χ3v) is 2.50. The number of nitriles is 1. The van der Waals surface area contributed by atoms with Crippen LogP contribution in [0.1, 0.15) is 12.8 Å². The van der Waals surface area contributed by atoms with Crippen LogP contribution < -0.4 is 0 Å². The van der Waals surface area contributed by atoms with Crippen LogP contribution in [0.25, 0.3) is 0 Å². The van der Waals surface area contributed by atoms with E-state index >= 15 is 0 Å². The van der Waals surface area contributed by atoms with E-state index in [4.69, 9.17) is 15.8 Å². The molecule has 0 spiro atoms. The smallest absolute Gasteiger partial charge is 0.448 e. The fourth-order valence-electron chi connectivity index (χ4n) is 1.54. The number of halogens is 3. The molecule has 0 aromatic rings. The molecule has 1 aliphatic rings. The van der Waals surface area contributed by atoms with E-state index in [9.17, 15) is 13.2 Å². The lowest BCUT2D eigenvalue weighted by Crippen LogP contribution is -2.28. The van der Waals surface area contributed by atoms with E-state index in [0.717, 1.165) is 18.9 Å². The number of nitrogens with one attached hydrogen (secondary N) is 1. The molecule has 0 aromatic carbocycles. The average molecular weight is 259 g/mol. The molecule has 98 valence electrons. The van der Waals surface area contributed by atoms with Crippen molar-refractivity contribution in [2.75, 3.05) is 13.1 Å². The summed E-state index contributed by atoms with van der Waals surface area (Å²) in [6, 6.07) is 1.66. The van der Waals surface area contributed by atoms with Crippen LogP contribution in [0, 0.1) is 16.7 Å². The van der Waals surface area contributed by atoms with Crippen molar-refractivity contribution in [1.82, 2.24) is 4.90 Å². The number of allylic oxidation sites excluding steroid dienone is 3. The molecule has 0 atom stereocenters. The summed E-state index contributed by atoms with van der Waals surface area (Å²) in [5.74, 6) is -1.90. The molecule has 0 radical (unpaired) electrons. The van der Waals surface area contributed by atoms with Gasteiger partial charge in [-0.2, -0.15) is 18.4 Å². The standard InChI is InChI=1S/C11H12F3N3O/c12-11(13,14)9(18)4-3-8(7-15)10(16)17-5-1-2-6-17/h3-4,16,18H,1-2,5-6H2/b8-3+,9-4-,16-10?. The minimum atomic E-state index is -4.84. The van der Waals surface area contributed by atoms with Crippen molar-refractivity contribution in [2.45, 2.75) is 19.0 Å². The van der Waals surface area contributed by atoms with Gasteiger partial charge in [-0.1, -0.05) is 0 Å². The Hall–Kier alpha value is -1.97. The van der Waals surface area contributed by atoms with Crippen molar-refractivity contribution in [3.63, 3.8) is 0 Å². The molecule has 18 heavy (non-hydrogen) atoms. The molecule has 0 amide bonds. The van der Waals surface area contributed by atoms with Gasteiger partial charge in [0, 0.05) is 13.1 Å². The highest BCUT2D eigenvalue weighted by atomic mass is 19.4. The van der Waals surface area contributed by atoms with Gasteiger partial charge in [-0.15, -0.1) is 0 Å². The van der Waals surface area contributed by atoms with Crippen LogP contribution >= 0.6 is 0 Å². The summed E-state index contributed by atoms with van der Waals surface area (Å²) in [6.07, 6.45) is -1.85. The molecule has 0 saturated carbocycles. The number of rotatable bonds is 2. The fourth-order valence-corrected chi connectivity index (χ4v) is 1.54. The molecule has 4 nitrogen and oxygen atoms in total. The summed E-state index contributed by atoms with van der Waals surface area (Å²) in [6.45, 7) is 1.24. The van der Waals surface area contributed by atoms with Gasteiger partial charge in [-0.25, -0.2) is 0 Å². The molecule has 1 rings (SSSR count). The summed E-state index contributed by atoms with van der Waals surface area (Å²) < 4.78 is 36.0. The number of hydrogen-bond acceptors (Lipinski definition) is 3. The van der Waals surface area contributed by atoms with Crippen LogP contribution in [0.4, 0.5) is 13.2 Å². The lowest BCUT2D eigenvalue weighted by atomic mass is 10.2. The summed E-state index contributed by atoms with van der Waals surface area (Å²) in [5, 5.41) is 25.2. The molecule has 0 aromatic heterocycles. The van der Waals surface area contributed by atoms with Crippen molar-refractivity contribution in [2.24, 2.45) is 0 Å². The third kappa shape index (κ3) is 3.52. The number of aliphatic hydroxyl groups excluding tert-OH is 1. The van der Waals surface area contributed by atoms with E-state index < -0.39 is 11.9 Å². The van der Waals surface area contributed by atoms with Gasteiger partial charge in [0.1, 0.15) is 11.9 Å². The zero-order valence-electron chi connectivity index (χ0n) is 9.46. The largest absolute Gasteiger partial charge is 0.504 e. The van der Waals surface area contributed by atoms with E-state index in [2.05, 4.69) is 0 Å². The zero-order valence-corrected chi connectivity index (χ0v) is 9.46. The molecule has 0 bridgehead atoms. The van der Waals surface area contributed by atoms with E-state index in [1.807, 2.05) is 0 Å². The van der Waals surface area contributed by atoms with Crippen molar-refractivity contribution < 1.29 is 18.3 Å². The highest BCUT2D eigenvalue weighted by Crippen LogP contribution is 2.23. The van der Waals surface area contributed by atoms with Gasteiger partial charge < -0.3 is 10.0 Å². The molecule has 2 N–H and O–H groups in total. The van der Waals surface area contributed by atoms with E-state index in [1.165, 1.54) is 0 Å². The molecular weight excluding hydrogens is 247 g/mol. The van der Waals surface area contributed by atoms with Gasteiger partial charge >= 0.3 is 6.18 Å².